The van der Waals surface area contributed by atoms with Crippen molar-refractivity contribution in [2.45, 2.75) is 26.2 Å². The zero-order valence-corrected chi connectivity index (χ0v) is 16.7. The van der Waals surface area contributed by atoms with Crippen LogP contribution in [0.5, 0.6) is 5.88 Å². The Morgan fingerprint density at radius 2 is 1.70 bits per heavy atom. The quantitative estimate of drug-likeness (QED) is 0.542. The Kier molecular flexibility index (Phi) is 4.56. The molecule has 1 N–H and O–H groups in total. The summed E-state index contributed by atoms with van der Waals surface area (Å²) in [7, 11) is 2.78. The van der Waals surface area contributed by atoms with Gasteiger partial charge in [-0.1, -0.05) is 13.3 Å². The van der Waals surface area contributed by atoms with Crippen LogP contribution in [0.25, 0.3) is 22.6 Å². The topological polar surface area (TPSA) is 104 Å². The highest BCUT2D eigenvalue weighted by Crippen LogP contribution is 2.24. The van der Waals surface area contributed by atoms with Crippen LogP contribution in [-0.4, -0.2) is 28.2 Å². The molecule has 3 aromatic heterocycles. The average molecular weight is 413 g/mol. The predicted molar refractivity (Wildman–Crippen MR) is 109 cm³/mol. The number of imidazole rings is 1. The van der Waals surface area contributed by atoms with Gasteiger partial charge in [0.2, 0.25) is 11.7 Å². The summed E-state index contributed by atoms with van der Waals surface area (Å²) in [4.78, 5) is 42.8. The molecular weight excluding hydrogens is 393 g/mol. The van der Waals surface area contributed by atoms with Crippen LogP contribution in [0.1, 0.15) is 25.3 Å². The highest BCUT2D eigenvalue weighted by atomic mass is 19.1. The summed E-state index contributed by atoms with van der Waals surface area (Å²) in [6.07, 6.45) is 1.71. The van der Waals surface area contributed by atoms with Crippen LogP contribution in [-0.2, 0) is 20.5 Å². The first kappa shape index (κ1) is 19.6. The smallest absolute Gasteiger partial charge is 0.332 e. The molecule has 0 radical (unpaired) electrons. The van der Waals surface area contributed by atoms with Crippen molar-refractivity contribution >= 4 is 16.9 Å². The average Bonchev–Trinajstić information content (AvgIpc) is 3.12. The van der Waals surface area contributed by atoms with Crippen molar-refractivity contribution in [3.8, 4) is 11.6 Å². The van der Waals surface area contributed by atoms with E-state index in [0.29, 0.717) is 12.1 Å². The van der Waals surface area contributed by atoms with Crippen molar-refractivity contribution in [1.82, 2.24) is 23.1 Å². The number of hydrogen-bond acceptors (Lipinski definition) is 5. The maximum atomic E-state index is 13.5. The minimum atomic E-state index is -0.651. The summed E-state index contributed by atoms with van der Waals surface area (Å²) >= 11 is 0. The van der Waals surface area contributed by atoms with E-state index in [2.05, 4.69) is 4.98 Å². The summed E-state index contributed by atoms with van der Waals surface area (Å²) in [5.74, 6) is -0.907. The fourth-order valence-corrected chi connectivity index (χ4v) is 3.59. The van der Waals surface area contributed by atoms with Crippen LogP contribution >= 0.6 is 0 Å². The number of rotatable bonds is 4. The zero-order chi connectivity index (χ0) is 21.7. The van der Waals surface area contributed by atoms with Crippen molar-refractivity contribution in [1.29, 1.82) is 0 Å². The maximum absolute atomic E-state index is 13.5. The fourth-order valence-electron chi connectivity index (χ4n) is 3.59. The van der Waals surface area contributed by atoms with Gasteiger partial charge in [0.05, 0.1) is 11.3 Å². The van der Waals surface area contributed by atoms with E-state index < -0.39 is 22.6 Å². The second kappa shape index (κ2) is 6.97. The lowest BCUT2D eigenvalue weighted by molar-refractivity contribution is 0.435. The minimum Gasteiger partial charge on any atom is -0.494 e. The maximum Gasteiger partial charge on any atom is 0.332 e. The Bertz CT molecular complexity index is 1470. The van der Waals surface area contributed by atoms with Gasteiger partial charge < -0.3 is 5.11 Å². The molecule has 0 bridgehead atoms. The number of halogens is 1. The van der Waals surface area contributed by atoms with E-state index in [1.807, 2.05) is 6.92 Å². The molecule has 0 unspecified atom stereocenters. The highest BCUT2D eigenvalue weighted by Gasteiger charge is 2.24. The van der Waals surface area contributed by atoms with Gasteiger partial charge in [0, 0.05) is 14.1 Å². The highest BCUT2D eigenvalue weighted by molar-refractivity contribution is 5.77. The molecule has 4 rings (SSSR count). The van der Waals surface area contributed by atoms with E-state index >= 15 is 0 Å². The molecule has 0 aliphatic heterocycles. The molecular formula is C20H20FN5O4. The summed E-state index contributed by atoms with van der Waals surface area (Å²) in [6, 6.07) is 5.23. The lowest BCUT2D eigenvalue weighted by Gasteiger charge is -2.13. The molecule has 0 saturated heterocycles. The van der Waals surface area contributed by atoms with E-state index in [9.17, 15) is 23.9 Å². The van der Waals surface area contributed by atoms with Gasteiger partial charge in [-0.3, -0.25) is 18.7 Å². The summed E-state index contributed by atoms with van der Waals surface area (Å²) in [5.41, 5.74) is -1.32. The monoisotopic (exact) mass is 413 g/mol. The molecule has 4 aromatic rings. The van der Waals surface area contributed by atoms with Gasteiger partial charge in [0.1, 0.15) is 5.82 Å². The third-order valence-corrected chi connectivity index (χ3v) is 5.25. The van der Waals surface area contributed by atoms with Gasteiger partial charge in [0.25, 0.3) is 11.1 Å². The fraction of sp³-hybridized carbons (Fsp3) is 0.300. The van der Waals surface area contributed by atoms with Crippen LogP contribution in [0.3, 0.4) is 0 Å². The molecule has 0 aliphatic rings. The number of benzene rings is 1. The van der Waals surface area contributed by atoms with E-state index in [1.54, 1.807) is 0 Å². The Balaban J connectivity index is 2.28. The number of aromatic nitrogens is 5. The first-order chi connectivity index (χ1) is 14.3. The molecule has 30 heavy (non-hydrogen) atoms. The summed E-state index contributed by atoms with van der Waals surface area (Å²) in [5, 5.41) is 10.9. The molecule has 0 spiro atoms. The predicted octanol–water partition coefficient (Wildman–Crippen LogP) is 1.22. The Morgan fingerprint density at radius 3 is 2.33 bits per heavy atom. The molecule has 0 aliphatic carbocycles. The number of fused-ring (bicyclic) bond motifs is 3. The first-order valence-corrected chi connectivity index (χ1v) is 9.48. The van der Waals surface area contributed by atoms with Crippen LogP contribution in [0, 0.1) is 5.82 Å². The molecule has 10 heteroatoms. The van der Waals surface area contributed by atoms with Gasteiger partial charge in [-0.05, 0) is 37.1 Å². The van der Waals surface area contributed by atoms with Crippen molar-refractivity contribution < 1.29 is 9.50 Å². The van der Waals surface area contributed by atoms with Crippen molar-refractivity contribution in [3.05, 3.63) is 66.8 Å². The number of unbranched alkanes of at least 4 members (excludes halogenated alkanes) is 1. The van der Waals surface area contributed by atoms with E-state index in [1.165, 1.54) is 51.9 Å². The molecule has 0 amide bonds. The second-order valence-electron chi connectivity index (χ2n) is 7.15. The number of hydrogen-bond donors (Lipinski definition) is 1. The SMILES string of the molecule is CCCCc1c(O)n2c3c(=O)n(C)c(=O)n(C)c3nc2n(-c2ccc(F)cc2)c1=O. The third kappa shape index (κ3) is 2.67. The zero-order valence-electron chi connectivity index (χ0n) is 16.7. The molecule has 0 atom stereocenters. The summed E-state index contributed by atoms with van der Waals surface area (Å²) < 4.78 is 17.9. The Labute approximate surface area is 168 Å². The van der Waals surface area contributed by atoms with Crippen LogP contribution in [0.15, 0.2) is 38.6 Å². The second-order valence-corrected chi connectivity index (χ2v) is 7.15. The third-order valence-electron chi connectivity index (χ3n) is 5.25. The molecule has 0 fully saturated rings. The largest absolute Gasteiger partial charge is 0.494 e. The van der Waals surface area contributed by atoms with Gasteiger partial charge in [-0.15, -0.1) is 0 Å². The lowest BCUT2D eigenvalue weighted by atomic mass is 10.1. The normalized spacial score (nSPS) is 11.6. The van der Waals surface area contributed by atoms with Crippen LogP contribution in [0.4, 0.5) is 4.39 Å². The standard InChI is InChI=1S/C20H20FN5O4/c1-4-5-6-13-16(27)25(12-9-7-11(21)8-10-12)19-22-15-14(26(19)17(13)28)18(29)24(3)20(30)23(15)2/h7-10,28H,4-6H2,1-3H3. The molecule has 156 valence electrons. The number of aryl methyl sites for hydroxylation is 1. The first-order valence-electron chi connectivity index (χ1n) is 9.48. The van der Waals surface area contributed by atoms with Crippen LogP contribution in [0.2, 0.25) is 0 Å². The molecule has 0 saturated carbocycles. The Hall–Kier alpha value is -3.69. The van der Waals surface area contributed by atoms with E-state index in [0.717, 1.165) is 11.0 Å². The Morgan fingerprint density at radius 1 is 1.03 bits per heavy atom. The van der Waals surface area contributed by atoms with Crippen molar-refractivity contribution in [3.63, 3.8) is 0 Å². The number of nitrogens with zero attached hydrogens (tertiary/aromatic N) is 5. The van der Waals surface area contributed by atoms with E-state index in [-0.39, 0.29) is 34.8 Å². The van der Waals surface area contributed by atoms with E-state index in [4.69, 9.17) is 0 Å². The summed E-state index contributed by atoms with van der Waals surface area (Å²) in [6.45, 7) is 1.95. The van der Waals surface area contributed by atoms with Gasteiger partial charge in [-0.2, -0.15) is 4.98 Å². The molecule has 1 aromatic carbocycles. The van der Waals surface area contributed by atoms with Crippen LogP contribution < -0.4 is 16.8 Å². The van der Waals surface area contributed by atoms with Crippen molar-refractivity contribution in [2.75, 3.05) is 0 Å². The van der Waals surface area contributed by atoms with Gasteiger partial charge >= 0.3 is 5.69 Å². The lowest BCUT2D eigenvalue weighted by Crippen LogP contribution is -2.37. The van der Waals surface area contributed by atoms with Gasteiger partial charge in [0.15, 0.2) is 11.2 Å². The molecule has 9 nitrogen and oxygen atoms in total. The van der Waals surface area contributed by atoms with Crippen molar-refractivity contribution in [2.24, 2.45) is 14.1 Å². The van der Waals surface area contributed by atoms with Gasteiger partial charge in [-0.25, -0.2) is 18.2 Å². The number of aromatic hydroxyl groups is 1. The molecule has 3 heterocycles. The minimum absolute atomic E-state index is 0.0271.